The number of nitrogens with one attached hydrogen (secondary N) is 1. The maximum atomic E-state index is 12.3. The zero-order valence-corrected chi connectivity index (χ0v) is 16.1. The molecule has 2 aromatic rings. The van der Waals surface area contributed by atoms with Crippen molar-refractivity contribution in [1.29, 1.82) is 0 Å². The molecular formula is C21H24N2O5. The number of ether oxygens (including phenoxy) is 2. The van der Waals surface area contributed by atoms with Gasteiger partial charge in [0.2, 0.25) is 0 Å². The molecule has 0 spiro atoms. The fraction of sp³-hybridized carbons (Fsp3) is 0.429. The second-order valence-electron chi connectivity index (χ2n) is 6.81. The molecule has 2 N–H and O–H groups in total. The van der Waals surface area contributed by atoms with E-state index >= 15 is 0 Å². The summed E-state index contributed by atoms with van der Waals surface area (Å²) in [5.41, 5.74) is -0.909. The Labute approximate surface area is 162 Å². The molecule has 0 saturated carbocycles. The van der Waals surface area contributed by atoms with Gasteiger partial charge in [-0.1, -0.05) is 43.2 Å². The Morgan fingerprint density at radius 1 is 1.32 bits per heavy atom. The third kappa shape index (κ3) is 3.67. The minimum Gasteiger partial charge on any atom is -0.386 e. The van der Waals surface area contributed by atoms with Crippen LogP contribution in [0.15, 0.2) is 46.1 Å². The lowest BCUT2D eigenvalue weighted by Gasteiger charge is -2.28. The van der Waals surface area contributed by atoms with Crippen molar-refractivity contribution < 1.29 is 14.6 Å². The number of aryl methyl sites for hydroxylation is 1. The van der Waals surface area contributed by atoms with Crippen LogP contribution >= 0.6 is 0 Å². The quantitative estimate of drug-likeness (QED) is 0.762. The third-order valence-corrected chi connectivity index (χ3v) is 4.95. The number of rotatable bonds is 5. The maximum Gasteiger partial charge on any atom is 0.330 e. The Morgan fingerprint density at radius 2 is 2.04 bits per heavy atom. The number of aromatic nitrogens is 2. The van der Waals surface area contributed by atoms with E-state index in [1.54, 1.807) is 13.8 Å². The molecule has 2 heterocycles. The molecule has 7 nitrogen and oxygen atoms in total. The molecule has 1 aromatic carbocycles. The summed E-state index contributed by atoms with van der Waals surface area (Å²) in [5.74, 6) is 5.87. The number of nitrogens with zero attached hydrogens (tertiary/aromatic N) is 1. The van der Waals surface area contributed by atoms with Crippen molar-refractivity contribution in [3.8, 4) is 11.8 Å². The van der Waals surface area contributed by atoms with Crippen molar-refractivity contribution in [2.24, 2.45) is 0 Å². The first-order chi connectivity index (χ1) is 13.4. The van der Waals surface area contributed by atoms with Crippen molar-refractivity contribution in [2.45, 2.75) is 57.8 Å². The van der Waals surface area contributed by atoms with Crippen molar-refractivity contribution >= 4 is 0 Å². The van der Waals surface area contributed by atoms with Gasteiger partial charge >= 0.3 is 5.69 Å². The summed E-state index contributed by atoms with van der Waals surface area (Å²) in [7, 11) is 0. The van der Waals surface area contributed by atoms with Gasteiger partial charge in [-0.15, -0.1) is 5.92 Å². The van der Waals surface area contributed by atoms with Gasteiger partial charge in [0.1, 0.15) is 12.2 Å². The summed E-state index contributed by atoms with van der Waals surface area (Å²) >= 11 is 0. The van der Waals surface area contributed by atoms with Crippen LogP contribution in [0.5, 0.6) is 0 Å². The highest BCUT2D eigenvalue weighted by Gasteiger charge is 2.55. The lowest BCUT2D eigenvalue weighted by atomic mass is 9.92. The second-order valence-corrected chi connectivity index (χ2v) is 6.81. The summed E-state index contributed by atoms with van der Waals surface area (Å²) in [6, 6.07) is 9.58. The maximum absolute atomic E-state index is 12.3. The van der Waals surface area contributed by atoms with Gasteiger partial charge in [0.15, 0.2) is 11.8 Å². The van der Waals surface area contributed by atoms with E-state index < -0.39 is 35.3 Å². The van der Waals surface area contributed by atoms with E-state index in [9.17, 15) is 14.7 Å². The van der Waals surface area contributed by atoms with Crippen LogP contribution in [0.4, 0.5) is 0 Å². The van der Waals surface area contributed by atoms with Gasteiger partial charge in [0.25, 0.3) is 5.56 Å². The largest absolute Gasteiger partial charge is 0.386 e. The number of hydrogen-bond acceptors (Lipinski definition) is 5. The molecule has 1 aliphatic heterocycles. The van der Waals surface area contributed by atoms with Crippen LogP contribution in [0.2, 0.25) is 0 Å². The van der Waals surface area contributed by atoms with Crippen LogP contribution in [0.1, 0.15) is 37.6 Å². The van der Waals surface area contributed by atoms with E-state index in [-0.39, 0.29) is 6.61 Å². The second kappa shape index (κ2) is 8.15. The van der Waals surface area contributed by atoms with Crippen LogP contribution in [-0.2, 0) is 16.1 Å². The molecule has 1 unspecified atom stereocenters. The molecule has 0 aliphatic carbocycles. The molecule has 1 aromatic heterocycles. The van der Waals surface area contributed by atoms with E-state index in [1.807, 2.05) is 37.3 Å². The summed E-state index contributed by atoms with van der Waals surface area (Å²) in [6.45, 7) is 5.42. The van der Waals surface area contributed by atoms with Crippen LogP contribution < -0.4 is 11.2 Å². The standard InChI is InChI=1S/C21H24N2O5/c1-4-11-21(5-2)17(27-13-15-9-7-6-8-10-15)16(24)19(28-21)23-12-14(3)18(25)22-20(23)26/h6-10,12,16-17,19,24H,5,13H2,1-3H3,(H,22,25,26)/t16?,17-,19-,21+/m1/s1. The summed E-state index contributed by atoms with van der Waals surface area (Å²) < 4.78 is 13.3. The number of aromatic amines is 1. The van der Waals surface area contributed by atoms with Gasteiger partial charge in [-0.3, -0.25) is 14.3 Å². The molecule has 1 aliphatic rings. The first-order valence-corrected chi connectivity index (χ1v) is 9.19. The average molecular weight is 384 g/mol. The lowest BCUT2D eigenvalue weighted by molar-refractivity contribution is -0.0882. The predicted molar refractivity (Wildman–Crippen MR) is 104 cm³/mol. The molecular weight excluding hydrogens is 360 g/mol. The van der Waals surface area contributed by atoms with Gasteiger partial charge in [0.05, 0.1) is 6.61 Å². The van der Waals surface area contributed by atoms with Gasteiger partial charge in [0, 0.05) is 11.8 Å². The van der Waals surface area contributed by atoms with Crippen LogP contribution in [-0.4, -0.2) is 32.5 Å². The monoisotopic (exact) mass is 384 g/mol. The zero-order chi connectivity index (χ0) is 20.3. The highest BCUT2D eigenvalue weighted by molar-refractivity contribution is 5.22. The fourth-order valence-corrected chi connectivity index (χ4v) is 3.45. The highest BCUT2D eigenvalue weighted by atomic mass is 16.6. The molecule has 1 saturated heterocycles. The number of aliphatic hydroxyl groups is 1. The third-order valence-electron chi connectivity index (χ3n) is 4.95. The molecule has 3 rings (SSSR count). The van der Waals surface area contributed by atoms with Crippen LogP contribution in [0, 0.1) is 18.8 Å². The normalized spacial score (nSPS) is 26.6. The predicted octanol–water partition coefficient (Wildman–Crippen LogP) is 1.49. The van der Waals surface area contributed by atoms with E-state index in [2.05, 4.69) is 16.8 Å². The van der Waals surface area contributed by atoms with Gasteiger partial charge in [-0.05, 0) is 25.8 Å². The Bertz CT molecular complexity index is 1000. The van der Waals surface area contributed by atoms with Gasteiger partial charge < -0.3 is 14.6 Å². The van der Waals surface area contributed by atoms with E-state index in [0.717, 1.165) is 5.56 Å². The fourth-order valence-electron chi connectivity index (χ4n) is 3.45. The Hall–Kier alpha value is -2.66. The molecule has 1 fully saturated rings. The molecule has 28 heavy (non-hydrogen) atoms. The number of benzene rings is 1. The van der Waals surface area contributed by atoms with Crippen LogP contribution in [0.25, 0.3) is 0 Å². The van der Waals surface area contributed by atoms with Crippen molar-refractivity contribution in [3.05, 3.63) is 68.5 Å². The Kier molecular flexibility index (Phi) is 5.84. The van der Waals surface area contributed by atoms with Gasteiger partial charge in [-0.2, -0.15) is 0 Å². The molecule has 4 atom stereocenters. The van der Waals surface area contributed by atoms with Crippen LogP contribution in [0.3, 0.4) is 0 Å². The summed E-state index contributed by atoms with van der Waals surface area (Å²) in [4.78, 5) is 26.2. The first kappa shape index (κ1) is 20.1. The molecule has 7 heteroatoms. The smallest absolute Gasteiger partial charge is 0.330 e. The van der Waals surface area contributed by atoms with E-state index in [4.69, 9.17) is 9.47 Å². The summed E-state index contributed by atoms with van der Waals surface area (Å²) in [5, 5.41) is 11.0. The van der Waals surface area contributed by atoms with Crippen molar-refractivity contribution in [3.63, 3.8) is 0 Å². The molecule has 0 amide bonds. The highest BCUT2D eigenvalue weighted by Crippen LogP contribution is 2.40. The average Bonchev–Trinajstić information content (AvgIpc) is 2.96. The molecule has 148 valence electrons. The zero-order valence-electron chi connectivity index (χ0n) is 16.1. The van der Waals surface area contributed by atoms with Gasteiger partial charge in [-0.25, -0.2) is 4.79 Å². The number of aliphatic hydroxyl groups excluding tert-OH is 1. The molecule has 0 radical (unpaired) electrons. The SMILES string of the molecule is CC#C[C@]1(CC)O[C@@H](n2cc(C)c(=O)[nH]c2=O)C(O)[C@H]1OCc1ccccc1. The first-order valence-electron chi connectivity index (χ1n) is 9.19. The van der Waals surface area contributed by atoms with E-state index in [1.165, 1.54) is 10.8 Å². The number of hydrogen-bond donors (Lipinski definition) is 2. The topological polar surface area (TPSA) is 93.6 Å². The lowest BCUT2D eigenvalue weighted by Crippen LogP contribution is -2.44. The van der Waals surface area contributed by atoms with Crippen molar-refractivity contribution in [2.75, 3.05) is 0 Å². The Balaban J connectivity index is 1.97. The minimum absolute atomic E-state index is 0.269. The summed E-state index contributed by atoms with van der Waals surface area (Å²) in [6.07, 6.45) is -1.10. The number of H-pyrrole nitrogens is 1. The molecule has 0 bridgehead atoms. The van der Waals surface area contributed by atoms with E-state index in [0.29, 0.717) is 12.0 Å². The van der Waals surface area contributed by atoms with Crippen molar-refractivity contribution in [1.82, 2.24) is 9.55 Å². The minimum atomic E-state index is -1.15. The Morgan fingerprint density at radius 3 is 2.68 bits per heavy atom.